The standard InChI is InChI=1S/C27H27N5O2/c1-19-18-25(29-21-13-15-24(34-2)16-14-21)32-27(28-19)31-23-11-9-22(10-12-23)30-26(33)17-8-20-6-4-3-5-7-20/h3-7,9-16,18H,8,17H2,1-2H3,(H,30,33)(H2,28,29,31,32). The Morgan fingerprint density at radius 1 is 0.824 bits per heavy atom. The van der Waals surface area contributed by atoms with Crippen molar-refractivity contribution in [3.8, 4) is 5.75 Å². The first-order valence-corrected chi connectivity index (χ1v) is 11.0. The number of benzene rings is 3. The number of ether oxygens (including phenoxy) is 1. The van der Waals surface area contributed by atoms with Crippen molar-refractivity contribution >= 4 is 34.7 Å². The van der Waals surface area contributed by atoms with E-state index in [0.717, 1.165) is 34.1 Å². The zero-order valence-corrected chi connectivity index (χ0v) is 19.2. The number of aromatic nitrogens is 2. The van der Waals surface area contributed by atoms with E-state index in [4.69, 9.17) is 4.74 Å². The Balaban J connectivity index is 1.34. The number of nitrogens with one attached hydrogen (secondary N) is 3. The molecule has 0 aliphatic rings. The number of hydrogen-bond donors (Lipinski definition) is 3. The molecule has 1 aromatic heterocycles. The van der Waals surface area contributed by atoms with Gasteiger partial charge in [0, 0.05) is 35.2 Å². The van der Waals surface area contributed by atoms with Crippen LogP contribution in [0.4, 0.5) is 28.8 Å². The van der Waals surface area contributed by atoms with Crippen molar-refractivity contribution in [3.05, 3.63) is 96.2 Å². The number of rotatable bonds is 9. The highest BCUT2D eigenvalue weighted by molar-refractivity contribution is 5.91. The van der Waals surface area contributed by atoms with E-state index in [0.29, 0.717) is 24.6 Å². The van der Waals surface area contributed by atoms with Gasteiger partial charge in [-0.15, -0.1) is 0 Å². The van der Waals surface area contributed by atoms with Gasteiger partial charge >= 0.3 is 0 Å². The average Bonchev–Trinajstić information content (AvgIpc) is 2.85. The number of methoxy groups -OCH3 is 1. The van der Waals surface area contributed by atoms with Gasteiger partial charge in [0.25, 0.3) is 0 Å². The first-order valence-electron chi connectivity index (χ1n) is 11.0. The van der Waals surface area contributed by atoms with Gasteiger partial charge in [0.15, 0.2) is 0 Å². The van der Waals surface area contributed by atoms with Crippen molar-refractivity contribution in [1.82, 2.24) is 9.97 Å². The van der Waals surface area contributed by atoms with E-state index in [1.165, 1.54) is 0 Å². The molecule has 34 heavy (non-hydrogen) atoms. The SMILES string of the molecule is COc1ccc(Nc2cc(C)nc(Nc3ccc(NC(=O)CCc4ccccc4)cc3)n2)cc1. The lowest BCUT2D eigenvalue weighted by atomic mass is 10.1. The van der Waals surface area contributed by atoms with E-state index in [1.54, 1.807) is 7.11 Å². The molecule has 0 spiro atoms. The van der Waals surface area contributed by atoms with E-state index in [1.807, 2.05) is 91.9 Å². The van der Waals surface area contributed by atoms with E-state index in [-0.39, 0.29) is 5.91 Å². The molecule has 3 N–H and O–H groups in total. The van der Waals surface area contributed by atoms with Crippen molar-refractivity contribution < 1.29 is 9.53 Å². The highest BCUT2D eigenvalue weighted by atomic mass is 16.5. The molecule has 0 saturated heterocycles. The Bertz CT molecular complexity index is 1230. The van der Waals surface area contributed by atoms with Gasteiger partial charge in [0.2, 0.25) is 11.9 Å². The first kappa shape index (κ1) is 22.8. The lowest BCUT2D eigenvalue weighted by molar-refractivity contribution is -0.116. The van der Waals surface area contributed by atoms with Crippen LogP contribution in [0.3, 0.4) is 0 Å². The zero-order chi connectivity index (χ0) is 23.8. The lowest BCUT2D eigenvalue weighted by Gasteiger charge is -2.11. The lowest BCUT2D eigenvalue weighted by Crippen LogP contribution is -2.12. The Morgan fingerprint density at radius 3 is 2.18 bits per heavy atom. The van der Waals surface area contributed by atoms with Crippen molar-refractivity contribution in [2.45, 2.75) is 19.8 Å². The predicted octanol–water partition coefficient (Wildman–Crippen LogP) is 5.85. The van der Waals surface area contributed by atoms with E-state index < -0.39 is 0 Å². The van der Waals surface area contributed by atoms with Gasteiger partial charge in [-0.05, 0) is 67.4 Å². The second-order valence-electron chi connectivity index (χ2n) is 7.81. The minimum atomic E-state index is -0.0131. The molecule has 4 aromatic rings. The molecule has 0 saturated carbocycles. The fourth-order valence-electron chi connectivity index (χ4n) is 3.40. The second kappa shape index (κ2) is 11.0. The summed E-state index contributed by atoms with van der Waals surface area (Å²) >= 11 is 0. The predicted molar refractivity (Wildman–Crippen MR) is 136 cm³/mol. The third-order valence-electron chi connectivity index (χ3n) is 5.13. The van der Waals surface area contributed by atoms with Crippen molar-refractivity contribution in [3.63, 3.8) is 0 Å². The van der Waals surface area contributed by atoms with Crippen LogP contribution in [0.5, 0.6) is 5.75 Å². The molecule has 0 bridgehead atoms. The molecule has 172 valence electrons. The summed E-state index contributed by atoms with van der Waals surface area (Å²) in [6.07, 6.45) is 1.15. The van der Waals surface area contributed by atoms with Gasteiger partial charge in [-0.1, -0.05) is 30.3 Å². The highest BCUT2D eigenvalue weighted by Crippen LogP contribution is 2.22. The molecule has 0 fully saturated rings. The van der Waals surface area contributed by atoms with Crippen LogP contribution in [0, 0.1) is 6.92 Å². The minimum absolute atomic E-state index is 0.0131. The number of aryl methyl sites for hydroxylation is 2. The molecular formula is C27H27N5O2. The molecule has 0 unspecified atom stereocenters. The van der Waals surface area contributed by atoms with Gasteiger partial charge in [0.1, 0.15) is 11.6 Å². The van der Waals surface area contributed by atoms with Crippen molar-refractivity contribution in [2.75, 3.05) is 23.1 Å². The van der Waals surface area contributed by atoms with Crippen LogP contribution in [0.2, 0.25) is 0 Å². The molecular weight excluding hydrogens is 426 g/mol. The number of nitrogens with zero attached hydrogens (tertiary/aromatic N) is 2. The maximum atomic E-state index is 12.3. The zero-order valence-electron chi connectivity index (χ0n) is 19.2. The van der Waals surface area contributed by atoms with Crippen LogP contribution < -0.4 is 20.7 Å². The number of amides is 1. The van der Waals surface area contributed by atoms with Crippen LogP contribution in [0.25, 0.3) is 0 Å². The van der Waals surface area contributed by atoms with Gasteiger partial charge in [0.05, 0.1) is 7.11 Å². The van der Waals surface area contributed by atoms with Crippen LogP contribution in [-0.2, 0) is 11.2 Å². The monoisotopic (exact) mass is 453 g/mol. The first-order chi connectivity index (χ1) is 16.6. The molecule has 1 amide bonds. The summed E-state index contributed by atoms with van der Waals surface area (Å²) in [6.45, 7) is 1.92. The Hall–Kier alpha value is -4.39. The summed E-state index contributed by atoms with van der Waals surface area (Å²) < 4.78 is 5.20. The summed E-state index contributed by atoms with van der Waals surface area (Å²) in [4.78, 5) is 21.3. The molecule has 0 aliphatic carbocycles. The minimum Gasteiger partial charge on any atom is -0.497 e. The summed E-state index contributed by atoms with van der Waals surface area (Å²) in [7, 11) is 1.64. The van der Waals surface area contributed by atoms with Crippen molar-refractivity contribution in [2.24, 2.45) is 0 Å². The van der Waals surface area contributed by atoms with Gasteiger partial charge in [-0.2, -0.15) is 4.98 Å². The van der Waals surface area contributed by atoms with Crippen molar-refractivity contribution in [1.29, 1.82) is 0 Å². The molecule has 3 aromatic carbocycles. The Kier molecular flexibility index (Phi) is 7.35. The largest absolute Gasteiger partial charge is 0.497 e. The smallest absolute Gasteiger partial charge is 0.229 e. The molecule has 7 heteroatoms. The Morgan fingerprint density at radius 2 is 1.47 bits per heavy atom. The number of carbonyl (C=O) groups is 1. The second-order valence-corrected chi connectivity index (χ2v) is 7.81. The summed E-state index contributed by atoms with van der Waals surface area (Å²) in [6, 6.07) is 27.0. The molecule has 7 nitrogen and oxygen atoms in total. The number of anilines is 5. The molecule has 1 heterocycles. The maximum absolute atomic E-state index is 12.3. The maximum Gasteiger partial charge on any atom is 0.229 e. The van der Waals surface area contributed by atoms with Gasteiger partial charge < -0.3 is 20.7 Å². The molecule has 0 aliphatic heterocycles. The van der Waals surface area contributed by atoms with Gasteiger partial charge in [-0.3, -0.25) is 4.79 Å². The van der Waals surface area contributed by atoms with E-state index in [9.17, 15) is 4.79 Å². The summed E-state index contributed by atoms with van der Waals surface area (Å²) in [5, 5.41) is 9.44. The average molecular weight is 454 g/mol. The van der Waals surface area contributed by atoms with Crippen LogP contribution in [0.1, 0.15) is 17.7 Å². The fraction of sp³-hybridized carbons (Fsp3) is 0.148. The third-order valence-corrected chi connectivity index (χ3v) is 5.13. The normalized spacial score (nSPS) is 10.4. The Labute approximate surface area is 199 Å². The summed E-state index contributed by atoms with van der Waals surface area (Å²) in [5.41, 5.74) is 4.45. The quantitative estimate of drug-likeness (QED) is 0.295. The summed E-state index contributed by atoms with van der Waals surface area (Å²) in [5.74, 6) is 1.95. The third kappa shape index (κ3) is 6.56. The van der Waals surface area contributed by atoms with Crippen LogP contribution >= 0.6 is 0 Å². The van der Waals surface area contributed by atoms with Crippen LogP contribution in [-0.4, -0.2) is 23.0 Å². The molecule has 0 atom stereocenters. The number of hydrogen-bond acceptors (Lipinski definition) is 6. The molecule has 4 rings (SSSR count). The number of carbonyl (C=O) groups excluding carboxylic acids is 1. The van der Waals surface area contributed by atoms with Crippen LogP contribution in [0.15, 0.2) is 84.9 Å². The molecule has 0 radical (unpaired) electrons. The van der Waals surface area contributed by atoms with E-state index in [2.05, 4.69) is 25.9 Å². The van der Waals surface area contributed by atoms with E-state index >= 15 is 0 Å². The fourth-order valence-corrected chi connectivity index (χ4v) is 3.40. The van der Waals surface area contributed by atoms with Gasteiger partial charge in [-0.25, -0.2) is 4.98 Å². The highest BCUT2D eigenvalue weighted by Gasteiger charge is 2.06. The topological polar surface area (TPSA) is 88.2 Å².